The zero-order chi connectivity index (χ0) is 23.6. The van der Waals surface area contributed by atoms with E-state index in [2.05, 4.69) is 5.32 Å². The molecule has 2 aromatic carbocycles. The topological polar surface area (TPSA) is 106 Å². The Balaban J connectivity index is 1.43. The highest BCUT2D eigenvalue weighted by molar-refractivity contribution is 7.89. The molecule has 1 aromatic heterocycles. The fourth-order valence-electron chi connectivity index (χ4n) is 3.83. The number of carbonyl (C=O) groups excluding carboxylic acids is 1. The van der Waals surface area contributed by atoms with E-state index in [9.17, 15) is 13.2 Å². The molecule has 1 fully saturated rings. The first kappa shape index (κ1) is 23.6. The van der Waals surface area contributed by atoms with E-state index in [0.29, 0.717) is 42.3 Å². The Hall–Kier alpha value is -2.52. The molecule has 0 unspecified atom stereocenters. The van der Waals surface area contributed by atoms with Crippen molar-refractivity contribution in [1.29, 1.82) is 0 Å². The smallest absolute Gasteiger partial charge is 0.276 e. The van der Waals surface area contributed by atoms with Crippen LogP contribution in [-0.4, -0.2) is 37.8 Å². The molecule has 33 heavy (non-hydrogen) atoms. The lowest BCUT2D eigenvalue weighted by Crippen LogP contribution is -2.42. The number of primary amides is 1. The minimum atomic E-state index is -3.82. The second kappa shape index (κ2) is 9.77. The van der Waals surface area contributed by atoms with Gasteiger partial charge >= 0.3 is 0 Å². The van der Waals surface area contributed by atoms with Crippen LogP contribution in [0.15, 0.2) is 64.1 Å². The van der Waals surface area contributed by atoms with E-state index in [1.807, 2.05) is 18.2 Å². The summed E-state index contributed by atoms with van der Waals surface area (Å²) in [6.07, 6.45) is 1.53. The lowest BCUT2D eigenvalue weighted by atomic mass is 10.1. The van der Waals surface area contributed by atoms with Gasteiger partial charge in [-0.25, -0.2) is 8.42 Å². The maximum atomic E-state index is 13.1. The van der Waals surface area contributed by atoms with Gasteiger partial charge in [0.2, 0.25) is 11.0 Å². The quantitative estimate of drug-likeness (QED) is 0.488. The summed E-state index contributed by atoms with van der Waals surface area (Å²) >= 11 is 12.3. The molecule has 174 valence electrons. The van der Waals surface area contributed by atoms with Crippen molar-refractivity contribution in [2.75, 3.05) is 18.4 Å². The standard InChI is InChI=1S/C23H23Cl2N3O4S/c24-17-5-2-6-19(13-17)27-18-7-9-28(10-8-18)33(30,31)22-14-20(25)21(32-22)12-15-3-1-4-16(11-15)23(26)29/h1-6,11,13-14,18,27H,7-10,12H2,(H2,26,29). The molecule has 2 heterocycles. The normalized spacial score (nSPS) is 15.5. The number of nitrogens with one attached hydrogen (secondary N) is 1. The van der Waals surface area contributed by atoms with Crippen molar-refractivity contribution in [1.82, 2.24) is 4.31 Å². The third-order valence-corrected chi connectivity index (χ3v) is 7.86. The number of hydrogen-bond donors (Lipinski definition) is 2. The van der Waals surface area contributed by atoms with Gasteiger partial charge < -0.3 is 15.5 Å². The Labute approximate surface area is 202 Å². The average molecular weight is 508 g/mol. The molecule has 1 saturated heterocycles. The summed E-state index contributed by atoms with van der Waals surface area (Å²) in [5, 5.41) is 4.08. The number of furan rings is 1. The number of piperidine rings is 1. The molecule has 10 heteroatoms. The molecule has 7 nitrogen and oxygen atoms in total. The number of anilines is 1. The van der Waals surface area contributed by atoms with Gasteiger partial charge in [0, 0.05) is 47.9 Å². The van der Waals surface area contributed by atoms with Crippen LogP contribution in [0.1, 0.15) is 34.5 Å². The fraction of sp³-hybridized carbons (Fsp3) is 0.261. The molecular formula is C23H23Cl2N3O4S. The van der Waals surface area contributed by atoms with Gasteiger partial charge in [-0.15, -0.1) is 0 Å². The van der Waals surface area contributed by atoms with Gasteiger partial charge in [-0.05, 0) is 48.7 Å². The highest BCUT2D eigenvalue weighted by Crippen LogP contribution is 2.30. The first-order valence-electron chi connectivity index (χ1n) is 10.4. The zero-order valence-corrected chi connectivity index (χ0v) is 20.0. The van der Waals surface area contributed by atoms with E-state index in [0.717, 1.165) is 11.3 Å². The second-order valence-electron chi connectivity index (χ2n) is 7.91. The zero-order valence-electron chi connectivity index (χ0n) is 17.6. The molecule has 0 saturated carbocycles. The van der Waals surface area contributed by atoms with Crippen LogP contribution in [0.4, 0.5) is 5.69 Å². The third kappa shape index (κ3) is 5.52. The number of nitrogens with zero attached hydrogens (tertiary/aromatic N) is 1. The number of halogens is 2. The van der Waals surface area contributed by atoms with Crippen molar-refractivity contribution >= 4 is 44.8 Å². The summed E-state index contributed by atoms with van der Waals surface area (Å²) < 4.78 is 33.3. The largest absolute Gasteiger partial charge is 0.446 e. The molecule has 4 rings (SSSR count). The van der Waals surface area contributed by atoms with Gasteiger partial charge in [0.15, 0.2) is 0 Å². The first-order chi connectivity index (χ1) is 15.7. The van der Waals surface area contributed by atoms with Crippen LogP contribution in [0.3, 0.4) is 0 Å². The fourth-order valence-corrected chi connectivity index (χ4v) is 5.71. The predicted octanol–water partition coefficient (Wildman–Crippen LogP) is 4.54. The van der Waals surface area contributed by atoms with Gasteiger partial charge in [0.25, 0.3) is 10.0 Å². The van der Waals surface area contributed by atoms with Crippen LogP contribution >= 0.6 is 23.2 Å². The second-order valence-corrected chi connectivity index (χ2v) is 10.6. The van der Waals surface area contributed by atoms with E-state index in [1.54, 1.807) is 30.3 Å². The molecule has 1 aliphatic rings. The van der Waals surface area contributed by atoms with E-state index < -0.39 is 15.9 Å². The van der Waals surface area contributed by atoms with Crippen LogP contribution in [0.5, 0.6) is 0 Å². The van der Waals surface area contributed by atoms with Crippen molar-refractivity contribution in [3.8, 4) is 0 Å². The maximum absolute atomic E-state index is 13.1. The minimum Gasteiger partial charge on any atom is -0.446 e. The maximum Gasteiger partial charge on any atom is 0.276 e. The van der Waals surface area contributed by atoms with E-state index in [4.69, 9.17) is 33.4 Å². The van der Waals surface area contributed by atoms with Crippen molar-refractivity contribution < 1.29 is 17.6 Å². The van der Waals surface area contributed by atoms with Crippen LogP contribution in [-0.2, 0) is 16.4 Å². The molecule has 3 N–H and O–H groups in total. The third-order valence-electron chi connectivity index (χ3n) is 5.55. The Morgan fingerprint density at radius 1 is 1.09 bits per heavy atom. The van der Waals surface area contributed by atoms with Crippen molar-refractivity contribution in [2.45, 2.75) is 30.4 Å². The summed E-state index contributed by atoms with van der Waals surface area (Å²) in [6.45, 7) is 0.712. The van der Waals surface area contributed by atoms with Crippen LogP contribution in [0.25, 0.3) is 0 Å². The molecule has 0 radical (unpaired) electrons. The van der Waals surface area contributed by atoms with E-state index in [1.165, 1.54) is 10.4 Å². The average Bonchev–Trinajstić information content (AvgIpc) is 3.15. The summed E-state index contributed by atoms with van der Waals surface area (Å²) in [6, 6.07) is 15.7. The lowest BCUT2D eigenvalue weighted by Gasteiger charge is -2.31. The highest BCUT2D eigenvalue weighted by Gasteiger charge is 2.32. The molecule has 1 aliphatic heterocycles. The monoisotopic (exact) mass is 507 g/mol. The summed E-state index contributed by atoms with van der Waals surface area (Å²) in [5.41, 5.74) is 7.33. The van der Waals surface area contributed by atoms with Crippen LogP contribution in [0, 0.1) is 0 Å². The number of carbonyl (C=O) groups is 1. The van der Waals surface area contributed by atoms with Crippen molar-refractivity contribution in [2.24, 2.45) is 5.73 Å². The molecule has 0 atom stereocenters. The minimum absolute atomic E-state index is 0.142. The molecule has 1 amide bonds. The van der Waals surface area contributed by atoms with Gasteiger partial charge in [-0.1, -0.05) is 41.4 Å². The van der Waals surface area contributed by atoms with Crippen molar-refractivity contribution in [3.05, 3.63) is 81.5 Å². The Morgan fingerprint density at radius 3 is 2.52 bits per heavy atom. The Morgan fingerprint density at radius 2 is 1.82 bits per heavy atom. The molecule has 0 bridgehead atoms. The SMILES string of the molecule is NC(=O)c1cccc(Cc2oc(S(=O)(=O)N3CCC(Nc4cccc(Cl)c4)CC3)cc2Cl)c1. The number of amides is 1. The summed E-state index contributed by atoms with van der Waals surface area (Å²) in [5.74, 6) is -0.228. The van der Waals surface area contributed by atoms with Crippen LogP contribution < -0.4 is 11.1 Å². The van der Waals surface area contributed by atoms with Crippen LogP contribution in [0.2, 0.25) is 10.0 Å². The number of nitrogens with two attached hydrogens (primary N) is 1. The van der Waals surface area contributed by atoms with Gasteiger partial charge in [0.05, 0.1) is 5.02 Å². The number of rotatable bonds is 7. The molecule has 0 aliphatic carbocycles. The number of sulfonamides is 1. The lowest BCUT2D eigenvalue weighted by molar-refractivity contribution is 0.1000. The highest BCUT2D eigenvalue weighted by atomic mass is 35.5. The van der Waals surface area contributed by atoms with Crippen molar-refractivity contribution in [3.63, 3.8) is 0 Å². The Kier molecular flexibility index (Phi) is 6.99. The Bertz CT molecular complexity index is 1270. The summed E-state index contributed by atoms with van der Waals surface area (Å²) in [4.78, 5) is 11.4. The van der Waals surface area contributed by atoms with Gasteiger partial charge in [-0.2, -0.15) is 4.31 Å². The number of hydrogen-bond acceptors (Lipinski definition) is 5. The molecule has 0 spiro atoms. The van der Waals surface area contributed by atoms with E-state index >= 15 is 0 Å². The predicted molar refractivity (Wildman–Crippen MR) is 128 cm³/mol. The van der Waals surface area contributed by atoms with E-state index in [-0.39, 0.29) is 22.6 Å². The molecule has 3 aromatic rings. The van der Waals surface area contributed by atoms with Gasteiger partial charge in [0.1, 0.15) is 5.76 Å². The molecular weight excluding hydrogens is 485 g/mol. The summed E-state index contributed by atoms with van der Waals surface area (Å²) in [7, 11) is -3.82. The number of benzene rings is 2. The van der Waals surface area contributed by atoms with Gasteiger partial charge in [-0.3, -0.25) is 4.79 Å². The first-order valence-corrected chi connectivity index (χ1v) is 12.6.